The molecule has 0 aliphatic carbocycles. The van der Waals surface area contributed by atoms with E-state index in [-0.39, 0.29) is 50.9 Å². The Bertz CT molecular complexity index is 390. The summed E-state index contributed by atoms with van der Waals surface area (Å²) >= 11 is 4.90. The first kappa shape index (κ1) is 25.2. The summed E-state index contributed by atoms with van der Waals surface area (Å²) in [5.41, 5.74) is 0.989. The Kier molecular flexibility index (Phi) is 16.5. The van der Waals surface area contributed by atoms with Crippen LogP contribution in [0.25, 0.3) is 0 Å². The van der Waals surface area contributed by atoms with Gasteiger partial charge in [-0.1, -0.05) is 17.7 Å². The van der Waals surface area contributed by atoms with Crippen LogP contribution in [0.15, 0.2) is 33.0 Å². The summed E-state index contributed by atoms with van der Waals surface area (Å²) in [6.45, 7) is 1.87. The molecule has 6 N–H and O–H groups in total. The van der Waals surface area contributed by atoms with Crippen LogP contribution in [0.1, 0.15) is 5.56 Å². The summed E-state index contributed by atoms with van der Waals surface area (Å²) in [5, 5.41) is 0. The van der Waals surface area contributed by atoms with Crippen LogP contribution in [0.5, 0.6) is 0 Å². The molecule has 0 aromatic heterocycles. The second kappa shape index (κ2) is 10.5. The van der Waals surface area contributed by atoms with Crippen molar-refractivity contribution in [2.24, 2.45) is 3.88 Å². The Morgan fingerprint density at radius 1 is 1.19 bits per heavy atom. The number of aryl methyl sites for hydroxylation is 1. The van der Waals surface area contributed by atoms with Crippen molar-refractivity contribution in [3.05, 3.63) is 29.8 Å². The summed E-state index contributed by atoms with van der Waals surface area (Å²) in [6, 6.07) is 6.32. The van der Waals surface area contributed by atoms with Crippen LogP contribution < -0.4 is 29.6 Å². The van der Waals surface area contributed by atoms with Crippen LogP contribution in [-0.4, -0.2) is 25.2 Å². The summed E-state index contributed by atoms with van der Waals surface area (Å²) in [5.74, 6) is 0. The fourth-order valence-corrected chi connectivity index (χ4v) is 1.55. The van der Waals surface area contributed by atoms with Gasteiger partial charge in [0.1, 0.15) is 0 Å². The van der Waals surface area contributed by atoms with E-state index in [4.69, 9.17) is 11.8 Å². The minimum Gasteiger partial charge on any atom is -0.759 e. The van der Waals surface area contributed by atoms with Crippen LogP contribution >= 0.6 is 11.8 Å². The Morgan fingerprint density at radius 3 is 1.88 bits per heavy atom. The van der Waals surface area contributed by atoms with Gasteiger partial charge in [0, 0.05) is 26.7 Å². The SMILES string of the molecule is Cc1ccc(S(=O)([O-])=NCl)cc1.O.O.O.[Na+]. The van der Waals surface area contributed by atoms with Crippen LogP contribution in [-0.2, 0) is 10.0 Å². The molecule has 1 aromatic rings. The molecule has 0 heterocycles. The first-order chi connectivity index (χ1) is 5.56. The third-order valence-corrected chi connectivity index (χ3v) is 3.00. The van der Waals surface area contributed by atoms with Crippen molar-refractivity contribution in [2.75, 3.05) is 0 Å². The predicted octanol–water partition coefficient (Wildman–Crippen LogP) is -3.36. The zero-order chi connectivity index (χ0) is 9.19. The van der Waals surface area contributed by atoms with E-state index in [1.807, 2.05) is 6.92 Å². The molecule has 9 heteroatoms. The second-order valence-corrected chi connectivity index (χ2v) is 4.33. The number of halogens is 1. The summed E-state index contributed by atoms with van der Waals surface area (Å²) in [4.78, 5) is 0.114. The van der Waals surface area contributed by atoms with E-state index in [9.17, 15) is 8.76 Å². The van der Waals surface area contributed by atoms with E-state index in [0.29, 0.717) is 0 Å². The maximum absolute atomic E-state index is 11.0. The predicted molar refractivity (Wildman–Crippen MR) is 57.5 cm³/mol. The van der Waals surface area contributed by atoms with E-state index in [1.165, 1.54) is 12.1 Å². The molecule has 0 aliphatic heterocycles. The maximum Gasteiger partial charge on any atom is 1.00 e. The molecule has 0 amide bonds. The molecule has 0 saturated carbocycles. The van der Waals surface area contributed by atoms with Crippen molar-refractivity contribution in [1.82, 2.24) is 0 Å². The van der Waals surface area contributed by atoms with Gasteiger partial charge in [0.05, 0.1) is 0 Å². The van der Waals surface area contributed by atoms with E-state index < -0.39 is 10.0 Å². The third-order valence-electron chi connectivity index (χ3n) is 1.41. The number of benzene rings is 1. The molecule has 0 spiro atoms. The van der Waals surface area contributed by atoms with Crippen LogP contribution in [0.3, 0.4) is 0 Å². The molecular weight excluding hydrogens is 269 g/mol. The van der Waals surface area contributed by atoms with Crippen LogP contribution in [0.2, 0.25) is 0 Å². The average molecular weight is 282 g/mol. The number of hydrogen-bond acceptors (Lipinski definition) is 3. The summed E-state index contributed by atoms with van der Waals surface area (Å²) < 4.78 is 24.8. The van der Waals surface area contributed by atoms with Gasteiger partial charge in [0.25, 0.3) is 0 Å². The number of hydrogen-bond donors (Lipinski definition) is 0. The van der Waals surface area contributed by atoms with Gasteiger partial charge in [0.15, 0.2) is 0 Å². The van der Waals surface area contributed by atoms with Gasteiger partial charge < -0.3 is 21.0 Å². The Morgan fingerprint density at radius 2 is 1.56 bits per heavy atom. The van der Waals surface area contributed by atoms with E-state index in [2.05, 4.69) is 3.88 Å². The molecule has 1 aromatic carbocycles. The second-order valence-electron chi connectivity index (χ2n) is 2.36. The van der Waals surface area contributed by atoms with E-state index in [1.54, 1.807) is 12.1 Å². The monoisotopic (exact) mass is 281 g/mol. The van der Waals surface area contributed by atoms with Crippen LogP contribution in [0.4, 0.5) is 0 Å². The maximum atomic E-state index is 11.0. The normalized spacial score (nSPS) is 11.4. The van der Waals surface area contributed by atoms with Gasteiger partial charge >= 0.3 is 29.6 Å². The minimum absolute atomic E-state index is 0. The molecule has 0 radical (unpaired) electrons. The van der Waals surface area contributed by atoms with Crippen molar-refractivity contribution in [2.45, 2.75) is 11.8 Å². The van der Waals surface area contributed by atoms with Gasteiger partial charge in [-0.2, -0.15) is 0 Å². The molecule has 0 saturated heterocycles. The van der Waals surface area contributed by atoms with Gasteiger partial charge in [-0.25, -0.2) is 0 Å². The zero-order valence-corrected chi connectivity index (χ0v) is 12.4. The third kappa shape index (κ3) is 6.79. The number of nitrogens with zero attached hydrogens (tertiary/aromatic N) is 1. The molecule has 16 heavy (non-hydrogen) atoms. The van der Waals surface area contributed by atoms with Crippen molar-refractivity contribution in [3.8, 4) is 0 Å². The first-order valence-corrected chi connectivity index (χ1v) is 4.99. The van der Waals surface area contributed by atoms with Gasteiger partial charge in [-0.3, -0.25) is 4.21 Å². The van der Waals surface area contributed by atoms with Crippen molar-refractivity contribution >= 4 is 21.8 Å². The van der Waals surface area contributed by atoms with Crippen LogP contribution in [0, 0.1) is 6.92 Å². The Hall–Kier alpha value is 0.300. The molecular formula is C7H13ClNNaO5S. The Balaban J connectivity index is -0.000000180. The standard InChI is InChI=1S/C7H8ClNO2S.Na.3H2O/c1-6-2-4-7(5-3-6)12(10,11)9-8;;;;/h2-5H,1H3,(H,9,10,11);;3*1H2/q;+1;;;/p-1. The molecule has 1 rings (SSSR count). The topological polar surface area (TPSA) is 147 Å². The molecule has 90 valence electrons. The van der Waals surface area contributed by atoms with E-state index in [0.717, 1.165) is 5.56 Å². The Labute approximate surface area is 121 Å². The smallest absolute Gasteiger partial charge is 0.759 e. The number of rotatable bonds is 1. The van der Waals surface area contributed by atoms with Gasteiger partial charge in [-0.05, 0) is 19.1 Å². The fourth-order valence-electron chi connectivity index (χ4n) is 0.750. The minimum atomic E-state index is -3.62. The summed E-state index contributed by atoms with van der Waals surface area (Å²) in [6.07, 6.45) is 0. The van der Waals surface area contributed by atoms with E-state index >= 15 is 0 Å². The summed E-state index contributed by atoms with van der Waals surface area (Å²) in [7, 11) is -3.62. The average Bonchev–Trinajstić information content (AvgIpc) is 2.05. The quantitative estimate of drug-likeness (QED) is 0.494. The first-order valence-electron chi connectivity index (χ1n) is 3.21. The molecule has 0 aliphatic rings. The van der Waals surface area contributed by atoms with Gasteiger partial charge in [-0.15, -0.1) is 3.88 Å². The van der Waals surface area contributed by atoms with Crippen molar-refractivity contribution in [3.63, 3.8) is 0 Å². The molecule has 6 nitrogen and oxygen atoms in total. The molecule has 0 fully saturated rings. The molecule has 1 atom stereocenters. The zero-order valence-electron chi connectivity index (χ0n) is 8.86. The van der Waals surface area contributed by atoms with Crippen molar-refractivity contribution in [1.29, 1.82) is 0 Å². The fraction of sp³-hybridized carbons (Fsp3) is 0.143. The molecule has 0 bridgehead atoms. The largest absolute Gasteiger partial charge is 1.00 e. The van der Waals surface area contributed by atoms with Gasteiger partial charge in [0.2, 0.25) is 0 Å². The molecule has 1 unspecified atom stereocenters. The van der Waals surface area contributed by atoms with Crippen molar-refractivity contribution < 1.29 is 54.7 Å².